The maximum atomic E-state index is 11.6. The normalized spacial score (nSPS) is 10.8. The second-order valence-electron chi connectivity index (χ2n) is 3.28. The Balaban J connectivity index is 2.95. The van der Waals surface area contributed by atoms with Gasteiger partial charge in [-0.1, -0.05) is 6.08 Å². The summed E-state index contributed by atoms with van der Waals surface area (Å²) < 4.78 is 23.2. The average Bonchev–Trinajstić information content (AvgIpc) is 2.17. The minimum absolute atomic E-state index is 0.0908. The molecule has 0 heterocycles. The number of nitrogens with one attached hydrogen (secondary N) is 1. The van der Waals surface area contributed by atoms with Gasteiger partial charge < -0.3 is 5.32 Å². The summed E-state index contributed by atoms with van der Waals surface area (Å²) in [4.78, 5) is 11.0. The van der Waals surface area contributed by atoms with Gasteiger partial charge in [0.1, 0.15) is 0 Å². The fourth-order valence-corrected chi connectivity index (χ4v) is 2.25. The molecule has 0 atom stereocenters. The van der Waals surface area contributed by atoms with E-state index in [0.717, 1.165) is 0 Å². The second kappa shape index (κ2) is 4.94. The summed E-state index contributed by atoms with van der Waals surface area (Å²) >= 11 is 0. The van der Waals surface area contributed by atoms with Crippen LogP contribution in [0.3, 0.4) is 0 Å². The smallest absolute Gasteiger partial charge is 0.221 e. The van der Waals surface area contributed by atoms with Gasteiger partial charge in [-0.05, 0) is 24.3 Å². The van der Waals surface area contributed by atoms with E-state index in [0.29, 0.717) is 5.69 Å². The number of amides is 1. The lowest BCUT2D eigenvalue weighted by Crippen LogP contribution is -2.07. The molecule has 0 saturated heterocycles. The lowest BCUT2D eigenvalue weighted by Gasteiger charge is -2.04. The fourth-order valence-electron chi connectivity index (χ4n) is 1.20. The van der Waals surface area contributed by atoms with Crippen LogP contribution in [0.1, 0.15) is 6.92 Å². The molecule has 1 amide bonds. The van der Waals surface area contributed by atoms with Crippen molar-refractivity contribution in [2.45, 2.75) is 11.8 Å². The zero-order valence-corrected chi connectivity index (χ0v) is 9.75. The van der Waals surface area contributed by atoms with E-state index in [1.165, 1.54) is 25.1 Å². The third-order valence-electron chi connectivity index (χ3n) is 1.87. The van der Waals surface area contributed by atoms with Crippen LogP contribution in [-0.4, -0.2) is 20.1 Å². The highest BCUT2D eigenvalue weighted by atomic mass is 32.2. The first-order chi connectivity index (χ1) is 7.45. The highest BCUT2D eigenvalue weighted by molar-refractivity contribution is 7.91. The van der Waals surface area contributed by atoms with Gasteiger partial charge in [-0.2, -0.15) is 0 Å². The van der Waals surface area contributed by atoms with Crippen LogP contribution < -0.4 is 5.32 Å². The predicted octanol–water partition coefficient (Wildman–Crippen LogP) is 1.60. The topological polar surface area (TPSA) is 63.2 Å². The van der Waals surface area contributed by atoms with Gasteiger partial charge in [0.2, 0.25) is 5.91 Å². The molecule has 0 fully saturated rings. The lowest BCUT2D eigenvalue weighted by molar-refractivity contribution is -0.114. The summed E-state index contributed by atoms with van der Waals surface area (Å²) in [6.07, 6.45) is 1.34. The van der Waals surface area contributed by atoms with Gasteiger partial charge in [-0.3, -0.25) is 4.79 Å². The molecule has 5 heteroatoms. The van der Waals surface area contributed by atoms with E-state index >= 15 is 0 Å². The number of carbonyl (C=O) groups is 1. The SMILES string of the molecule is C=CCS(=O)(=O)c1ccc(NC(C)=O)cc1. The van der Waals surface area contributed by atoms with Gasteiger partial charge in [0, 0.05) is 12.6 Å². The molecular weight excluding hydrogens is 226 g/mol. The fraction of sp³-hybridized carbons (Fsp3) is 0.182. The maximum absolute atomic E-state index is 11.6. The first kappa shape index (κ1) is 12.4. The van der Waals surface area contributed by atoms with Gasteiger partial charge in [0.05, 0.1) is 10.6 Å². The Hall–Kier alpha value is -1.62. The van der Waals surface area contributed by atoms with Crippen molar-refractivity contribution in [2.24, 2.45) is 0 Å². The molecule has 1 aromatic carbocycles. The van der Waals surface area contributed by atoms with E-state index < -0.39 is 9.84 Å². The second-order valence-corrected chi connectivity index (χ2v) is 5.31. The molecule has 4 nitrogen and oxygen atoms in total. The first-order valence-electron chi connectivity index (χ1n) is 4.67. The zero-order valence-electron chi connectivity index (χ0n) is 8.93. The highest BCUT2D eigenvalue weighted by Gasteiger charge is 2.11. The van der Waals surface area contributed by atoms with Crippen molar-refractivity contribution in [3.63, 3.8) is 0 Å². The van der Waals surface area contributed by atoms with Crippen molar-refractivity contribution in [1.29, 1.82) is 0 Å². The molecule has 0 unspecified atom stereocenters. The van der Waals surface area contributed by atoms with Crippen LogP contribution >= 0.6 is 0 Å². The van der Waals surface area contributed by atoms with Gasteiger partial charge in [-0.15, -0.1) is 6.58 Å². The minimum Gasteiger partial charge on any atom is -0.326 e. The van der Waals surface area contributed by atoms with E-state index in [2.05, 4.69) is 11.9 Å². The van der Waals surface area contributed by atoms with Crippen LogP contribution in [0.2, 0.25) is 0 Å². The number of rotatable bonds is 4. The summed E-state index contributed by atoms with van der Waals surface area (Å²) in [5, 5.41) is 2.56. The first-order valence-corrected chi connectivity index (χ1v) is 6.32. The van der Waals surface area contributed by atoms with Gasteiger partial charge in [-0.25, -0.2) is 8.42 Å². The Morgan fingerprint density at radius 1 is 1.38 bits per heavy atom. The molecule has 16 heavy (non-hydrogen) atoms. The maximum Gasteiger partial charge on any atom is 0.221 e. The van der Waals surface area contributed by atoms with Crippen molar-refractivity contribution in [1.82, 2.24) is 0 Å². The van der Waals surface area contributed by atoms with Crippen LogP contribution in [0.4, 0.5) is 5.69 Å². The Morgan fingerprint density at radius 2 is 1.94 bits per heavy atom. The number of hydrogen-bond donors (Lipinski definition) is 1. The van der Waals surface area contributed by atoms with Gasteiger partial charge in [0.25, 0.3) is 0 Å². The van der Waals surface area contributed by atoms with Crippen molar-refractivity contribution >= 4 is 21.4 Å². The third-order valence-corrected chi connectivity index (χ3v) is 3.54. The molecule has 1 rings (SSSR count). The molecule has 1 aromatic rings. The van der Waals surface area contributed by atoms with Gasteiger partial charge >= 0.3 is 0 Å². The van der Waals surface area contributed by atoms with Crippen molar-refractivity contribution in [2.75, 3.05) is 11.1 Å². The number of hydrogen-bond acceptors (Lipinski definition) is 3. The van der Waals surface area contributed by atoms with E-state index in [-0.39, 0.29) is 16.6 Å². The van der Waals surface area contributed by atoms with Crippen LogP contribution in [0.5, 0.6) is 0 Å². The molecule has 86 valence electrons. The highest BCUT2D eigenvalue weighted by Crippen LogP contribution is 2.15. The number of carbonyl (C=O) groups excluding carboxylic acids is 1. The summed E-state index contributed by atoms with van der Waals surface area (Å²) in [5.41, 5.74) is 0.574. The molecular formula is C11H13NO3S. The molecule has 1 N–H and O–H groups in total. The largest absolute Gasteiger partial charge is 0.326 e. The molecule has 0 radical (unpaired) electrons. The third kappa shape index (κ3) is 3.20. The molecule has 0 aromatic heterocycles. The molecule has 0 aliphatic carbocycles. The number of benzene rings is 1. The van der Waals surface area contributed by atoms with E-state index in [4.69, 9.17) is 0 Å². The summed E-state index contributed by atoms with van der Waals surface area (Å²) in [6, 6.07) is 6.03. The number of sulfone groups is 1. The zero-order chi connectivity index (χ0) is 12.2. The molecule has 0 aliphatic heterocycles. The lowest BCUT2D eigenvalue weighted by atomic mass is 10.3. The predicted molar refractivity (Wildman–Crippen MR) is 63.0 cm³/mol. The van der Waals surface area contributed by atoms with E-state index in [1.54, 1.807) is 12.1 Å². The molecule has 0 saturated carbocycles. The Kier molecular flexibility index (Phi) is 3.84. The quantitative estimate of drug-likeness (QED) is 0.812. The molecule has 0 bridgehead atoms. The van der Waals surface area contributed by atoms with Gasteiger partial charge in [0.15, 0.2) is 9.84 Å². The van der Waals surface area contributed by atoms with Crippen LogP contribution in [0.25, 0.3) is 0 Å². The van der Waals surface area contributed by atoms with E-state index in [1.807, 2.05) is 0 Å². The standard InChI is InChI=1S/C11H13NO3S/c1-3-8-16(14,15)11-6-4-10(5-7-11)12-9(2)13/h3-7H,1,8H2,2H3,(H,12,13). The summed E-state index contributed by atoms with van der Waals surface area (Å²) in [7, 11) is -3.29. The van der Waals surface area contributed by atoms with Crippen LogP contribution in [0, 0.1) is 0 Å². The average molecular weight is 239 g/mol. The minimum atomic E-state index is -3.29. The number of anilines is 1. The van der Waals surface area contributed by atoms with Crippen molar-refractivity contribution in [3.05, 3.63) is 36.9 Å². The molecule has 0 spiro atoms. The monoisotopic (exact) mass is 239 g/mol. The Morgan fingerprint density at radius 3 is 2.38 bits per heavy atom. The molecule has 0 aliphatic rings. The summed E-state index contributed by atoms with van der Waals surface area (Å²) in [6.45, 7) is 4.78. The van der Waals surface area contributed by atoms with Crippen molar-refractivity contribution in [3.8, 4) is 0 Å². The van der Waals surface area contributed by atoms with Crippen LogP contribution in [-0.2, 0) is 14.6 Å². The Labute approximate surface area is 94.9 Å². The van der Waals surface area contributed by atoms with E-state index in [9.17, 15) is 13.2 Å². The van der Waals surface area contributed by atoms with Crippen molar-refractivity contribution < 1.29 is 13.2 Å². The van der Waals surface area contributed by atoms with Crippen LogP contribution in [0.15, 0.2) is 41.8 Å². The Bertz CT molecular complexity index is 488. The summed E-state index contributed by atoms with van der Waals surface area (Å²) in [5.74, 6) is -0.284.